The Kier molecular flexibility index (Phi) is 10.5. The molecule has 8 nitrogen and oxygen atoms in total. The summed E-state index contributed by atoms with van der Waals surface area (Å²) in [5, 5.41) is 0. The van der Waals surface area contributed by atoms with Gasteiger partial charge in [0, 0.05) is 18.5 Å². The Morgan fingerprint density at radius 2 is 1.94 bits per heavy atom. The quantitative estimate of drug-likeness (QED) is 0.537. The van der Waals surface area contributed by atoms with Gasteiger partial charge in [0.05, 0.1) is 41.2 Å². The lowest BCUT2D eigenvalue weighted by atomic mass is 9.67. The molecule has 0 aliphatic carbocycles. The summed E-state index contributed by atoms with van der Waals surface area (Å²) in [6, 6.07) is 0. The summed E-state index contributed by atoms with van der Waals surface area (Å²) in [5.74, 6) is 1.44. The molecule has 34 heavy (non-hydrogen) atoms. The van der Waals surface area contributed by atoms with Gasteiger partial charge in [-0.05, 0) is 82.3 Å². The Bertz CT molecular complexity index is 867. The highest BCUT2D eigenvalue weighted by Gasteiger charge is 2.47. The standard InChI is InChI=1S/C19H28BrN3O3.C5H13NOS/c1-5-26-18(24)15-17(21-13(4)16(20)22-15)23-8-6-19(7-9-23)11-25-10-14(19)12(2)3;1-5(2,3)8(7)6-4/h12,14H,5-11H2,1-4H3;6H,1-4H3. The molecule has 0 amide bonds. The van der Waals surface area contributed by atoms with Crippen molar-refractivity contribution in [1.29, 1.82) is 0 Å². The van der Waals surface area contributed by atoms with Gasteiger partial charge in [0.25, 0.3) is 0 Å². The summed E-state index contributed by atoms with van der Waals surface area (Å²) in [7, 11) is 0.802. The Balaban J connectivity index is 0.000000440. The predicted molar refractivity (Wildman–Crippen MR) is 140 cm³/mol. The molecule has 1 aromatic rings. The summed E-state index contributed by atoms with van der Waals surface area (Å²) >= 11 is 3.38. The molecule has 2 aliphatic heterocycles. The van der Waals surface area contributed by atoms with Crippen molar-refractivity contribution in [2.45, 2.75) is 66.1 Å². The largest absolute Gasteiger partial charge is 0.461 e. The number of rotatable bonds is 5. The van der Waals surface area contributed by atoms with Crippen LogP contribution >= 0.6 is 15.9 Å². The molecule has 1 spiro atoms. The predicted octanol–water partition coefficient (Wildman–Crippen LogP) is 4.28. The molecule has 2 atom stereocenters. The zero-order valence-corrected chi connectivity index (χ0v) is 24.3. The van der Waals surface area contributed by atoms with Gasteiger partial charge >= 0.3 is 5.97 Å². The molecule has 1 aromatic heterocycles. The second-order valence-corrected chi connectivity index (χ2v) is 13.2. The van der Waals surface area contributed by atoms with Gasteiger partial charge in [-0.25, -0.2) is 23.7 Å². The smallest absolute Gasteiger partial charge is 0.360 e. The molecule has 2 aliphatic rings. The van der Waals surface area contributed by atoms with E-state index in [1.54, 1.807) is 14.0 Å². The van der Waals surface area contributed by atoms with Gasteiger partial charge in [-0.15, -0.1) is 0 Å². The van der Waals surface area contributed by atoms with Crippen LogP contribution in [0.4, 0.5) is 5.82 Å². The third-order valence-electron chi connectivity index (χ3n) is 6.54. The molecule has 3 heterocycles. The van der Waals surface area contributed by atoms with Crippen molar-refractivity contribution in [3.05, 3.63) is 16.0 Å². The molecule has 0 saturated carbocycles. The van der Waals surface area contributed by atoms with E-state index in [2.05, 4.69) is 49.4 Å². The van der Waals surface area contributed by atoms with Crippen molar-refractivity contribution in [3.63, 3.8) is 0 Å². The summed E-state index contributed by atoms with van der Waals surface area (Å²) in [6.07, 6.45) is 2.10. The normalized spacial score (nSPS) is 20.8. The maximum atomic E-state index is 12.4. The molecule has 2 unspecified atom stereocenters. The first-order chi connectivity index (χ1) is 15.9. The van der Waals surface area contributed by atoms with E-state index in [-0.39, 0.29) is 10.2 Å². The molecule has 194 valence electrons. The van der Waals surface area contributed by atoms with Crippen LogP contribution in [0, 0.1) is 24.2 Å². The number of nitrogens with one attached hydrogen (secondary N) is 1. The van der Waals surface area contributed by atoms with Gasteiger partial charge in [0.15, 0.2) is 11.5 Å². The molecule has 0 radical (unpaired) electrons. The molecule has 2 saturated heterocycles. The Labute approximate surface area is 215 Å². The second kappa shape index (κ2) is 12.2. The number of anilines is 1. The van der Waals surface area contributed by atoms with E-state index < -0.39 is 17.0 Å². The van der Waals surface area contributed by atoms with E-state index in [0.717, 1.165) is 44.8 Å². The van der Waals surface area contributed by atoms with Crippen LogP contribution in [0.3, 0.4) is 0 Å². The van der Waals surface area contributed by atoms with Crippen molar-refractivity contribution in [3.8, 4) is 0 Å². The van der Waals surface area contributed by atoms with Crippen LogP contribution in [0.1, 0.15) is 70.6 Å². The number of aryl methyl sites for hydroxylation is 1. The van der Waals surface area contributed by atoms with E-state index in [1.165, 1.54) is 0 Å². The van der Waals surface area contributed by atoms with Gasteiger partial charge in [0.2, 0.25) is 0 Å². The fraction of sp³-hybridized carbons (Fsp3) is 0.792. The van der Waals surface area contributed by atoms with E-state index in [9.17, 15) is 9.00 Å². The summed E-state index contributed by atoms with van der Waals surface area (Å²) < 4.78 is 25.0. The number of carbonyl (C=O) groups is 1. The van der Waals surface area contributed by atoms with Gasteiger partial charge < -0.3 is 14.4 Å². The lowest BCUT2D eigenvalue weighted by molar-refractivity contribution is 0.0519. The first-order valence-corrected chi connectivity index (χ1v) is 13.9. The van der Waals surface area contributed by atoms with Crippen molar-refractivity contribution >= 4 is 38.7 Å². The minimum absolute atomic E-state index is 0.130. The van der Waals surface area contributed by atoms with E-state index >= 15 is 0 Å². The second-order valence-electron chi connectivity index (χ2n) is 10.3. The number of aromatic nitrogens is 2. The number of nitrogens with zero attached hydrogens (tertiary/aromatic N) is 3. The van der Waals surface area contributed by atoms with Gasteiger partial charge in [-0.1, -0.05) is 13.8 Å². The molecule has 1 N–H and O–H groups in total. The lowest BCUT2D eigenvalue weighted by Crippen LogP contribution is -2.46. The van der Waals surface area contributed by atoms with Gasteiger partial charge in [-0.3, -0.25) is 0 Å². The van der Waals surface area contributed by atoms with Crippen molar-refractivity contribution in [2.75, 3.05) is 44.9 Å². The SMILES string of the molecule is CCOC(=O)c1nc(Br)c(C)nc1N1CCC2(CC1)COCC2C(C)C.CNS(=O)C(C)(C)C. The number of piperidine rings is 1. The first kappa shape index (κ1) is 29.1. The monoisotopic (exact) mass is 560 g/mol. The highest BCUT2D eigenvalue weighted by atomic mass is 79.9. The fourth-order valence-electron chi connectivity index (χ4n) is 4.60. The van der Waals surface area contributed by atoms with Crippen molar-refractivity contribution < 1.29 is 18.5 Å². The molecular weight excluding hydrogens is 520 g/mol. The fourth-order valence-corrected chi connectivity index (χ4v) is 5.48. The van der Waals surface area contributed by atoms with Crippen molar-refractivity contribution in [2.24, 2.45) is 17.3 Å². The topological polar surface area (TPSA) is 93.7 Å². The average molecular weight is 562 g/mol. The Morgan fingerprint density at radius 1 is 1.32 bits per heavy atom. The van der Waals surface area contributed by atoms with E-state index in [0.29, 0.717) is 34.6 Å². The van der Waals surface area contributed by atoms with Crippen LogP contribution in [-0.2, 0) is 20.5 Å². The maximum Gasteiger partial charge on any atom is 0.360 e. The Morgan fingerprint density at radius 3 is 2.41 bits per heavy atom. The number of esters is 1. The molecule has 3 rings (SSSR count). The zero-order valence-electron chi connectivity index (χ0n) is 21.9. The van der Waals surface area contributed by atoms with Gasteiger partial charge in [-0.2, -0.15) is 0 Å². The summed E-state index contributed by atoms with van der Waals surface area (Å²) in [5.41, 5.74) is 1.33. The summed E-state index contributed by atoms with van der Waals surface area (Å²) in [4.78, 5) is 23.6. The minimum Gasteiger partial charge on any atom is -0.461 e. The molecule has 0 bridgehead atoms. The van der Waals surface area contributed by atoms with Crippen LogP contribution in [0.15, 0.2) is 4.60 Å². The summed E-state index contributed by atoms with van der Waals surface area (Å²) in [6.45, 7) is 17.8. The molecule has 0 aromatic carbocycles. The number of halogens is 1. The zero-order chi connectivity index (χ0) is 25.7. The van der Waals surface area contributed by atoms with Crippen LogP contribution in [0.5, 0.6) is 0 Å². The van der Waals surface area contributed by atoms with Gasteiger partial charge in [0.1, 0.15) is 4.60 Å². The van der Waals surface area contributed by atoms with Crippen LogP contribution < -0.4 is 9.62 Å². The minimum atomic E-state index is -0.894. The van der Waals surface area contributed by atoms with E-state index in [1.807, 2.05) is 27.7 Å². The van der Waals surface area contributed by atoms with E-state index in [4.69, 9.17) is 9.47 Å². The number of carbonyl (C=O) groups excluding carboxylic acids is 1. The third kappa shape index (κ3) is 6.98. The average Bonchev–Trinajstić information content (AvgIpc) is 3.18. The highest BCUT2D eigenvalue weighted by Crippen LogP contribution is 2.47. The highest BCUT2D eigenvalue weighted by molar-refractivity contribution is 9.10. The first-order valence-electron chi connectivity index (χ1n) is 12.0. The number of hydrogen-bond donors (Lipinski definition) is 1. The van der Waals surface area contributed by atoms with Crippen molar-refractivity contribution in [1.82, 2.24) is 14.7 Å². The van der Waals surface area contributed by atoms with Crippen LogP contribution in [0.25, 0.3) is 0 Å². The number of ether oxygens (including phenoxy) is 2. The lowest BCUT2D eigenvalue weighted by Gasteiger charge is -2.43. The number of hydrogen-bond acceptors (Lipinski definition) is 7. The Hall–Kier alpha value is -1.10. The van der Waals surface area contributed by atoms with Crippen LogP contribution in [0.2, 0.25) is 0 Å². The van der Waals surface area contributed by atoms with Crippen LogP contribution in [-0.4, -0.2) is 64.9 Å². The molecular formula is C24H41BrN4O4S. The molecule has 2 fully saturated rings. The third-order valence-corrected chi connectivity index (χ3v) is 8.78. The maximum absolute atomic E-state index is 12.4. The molecule has 10 heteroatoms.